The number of aliphatic hydroxyl groups is 3. The maximum Gasteiger partial charge on any atom is 0.110 e. The minimum absolute atomic E-state index is 0.0966. The molecule has 1 aliphatic heterocycles. The van der Waals surface area contributed by atoms with Gasteiger partial charge in [-0.2, -0.15) is 0 Å². The average Bonchev–Trinajstić information content (AvgIpc) is 2.12. The van der Waals surface area contributed by atoms with Crippen molar-refractivity contribution in [2.75, 3.05) is 6.61 Å². The predicted octanol–water partition coefficient (Wildman–Crippen LogP) is -0.486. The molecule has 0 aromatic carbocycles. The summed E-state index contributed by atoms with van der Waals surface area (Å²) in [5.74, 6) is 0. The van der Waals surface area contributed by atoms with Crippen molar-refractivity contribution in [3.63, 3.8) is 0 Å². The SMILES string of the molecule is CC.CC1OCC(O)C(O)C1O. The number of aliphatic hydroxyl groups excluding tert-OH is 3. The highest BCUT2D eigenvalue weighted by Crippen LogP contribution is 2.14. The molecule has 0 amide bonds. The molecule has 0 saturated carbocycles. The van der Waals surface area contributed by atoms with E-state index in [1.54, 1.807) is 6.92 Å². The number of ether oxygens (including phenoxy) is 1. The van der Waals surface area contributed by atoms with Gasteiger partial charge in [0.15, 0.2) is 0 Å². The van der Waals surface area contributed by atoms with E-state index in [0.29, 0.717) is 0 Å². The average molecular weight is 178 g/mol. The minimum Gasteiger partial charge on any atom is -0.388 e. The summed E-state index contributed by atoms with van der Waals surface area (Å²) in [5.41, 5.74) is 0. The molecule has 0 aliphatic carbocycles. The summed E-state index contributed by atoms with van der Waals surface area (Å²) < 4.78 is 4.91. The van der Waals surface area contributed by atoms with Gasteiger partial charge in [-0.05, 0) is 6.92 Å². The first-order valence-corrected chi connectivity index (χ1v) is 4.28. The molecule has 0 radical (unpaired) electrons. The van der Waals surface area contributed by atoms with Gasteiger partial charge in [-0.1, -0.05) is 13.8 Å². The van der Waals surface area contributed by atoms with Gasteiger partial charge in [-0.25, -0.2) is 0 Å². The van der Waals surface area contributed by atoms with Gasteiger partial charge < -0.3 is 20.1 Å². The van der Waals surface area contributed by atoms with Crippen LogP contribution < -0.4 is 0 Å². The summed E-state index contributed by atoms with van der Waals surface area (Å²) in [7, 11) is 0. The van der Waals surface area contributed by atoms with Crippen molar-refractivity contribution in [3.8, 4) is 0 Å². The monoisotopic (exact) mass is 178 g/mol. The van der Waals surface area contributed by atoms with Crippen LogP contribution in [-0.2, 0) is 4.74 Å². The zero-order valence-corrected chi connectivity index (χ0v) is 7.77. The molecule has 0 spiro atoms. The Balaban J connectivity index is 0.000000561. The fraction of sp³-hybridized carbons (Fsp3) is 1.00. The van der Waals surface area contributed by atoms with Crippen LogP contribution in [0.5, 0.6) is 0 Å². The fourth-order valence-corrected chi connectivity index (χ4v) is 0.953. The number of hydrogen-bond acceptors (Lipinski definition) is 4. The van der Waals surface area contributed by atoms with Crippen molar-refractivity contribution in [2.45, 2.75) is 45.2 Å². The van der Waals surface area contributed by atoms with Crippen LogP contribution in [0.25, 0.3) is 0 Å². The molecule has 12 heavy (non-hydrogen) atoms. The zero-order chi connectivity index (χ0) is 9.72. The first kappa shape index (κ1) is 11.8. The Kier molecular flexibility index (Phi) is 5.41. The summed E-state index contributed by atoms with van der Waals surface area (Å²) in [6, 6.07) is 0. The van der Waals surface area contributed by atoms with Crippen molar-refractivity contribution in [1.29, 1.82) is 0 Å². The van der Waals surface area contributed by atoms with Crippen LogP contribution in [0.3, 0.4) is 0 Å². The Bertz CT molecular complexity index is 104. The molecule has 4 unspecified atom stereocenters. The van der Waals surface area contributed by atoms with Crippen LogP contribution in [0.1, 0.15) is 20.8 Å². The standard InChI is InChI=1S/C6H12O4.C2H6/c1-3-5(8)6(9)4(7)2-10-3;1-2/h3-9H,2H2,1H3;1-2H3. The summed E-state index contributed by atoms with van der Waals surface area (Å²) in [6.07, 6.45) is -3.38. The molecule has 74 valence electrons. The fourth-order valence-electron chi connectivity index (χ4n) is 0.953. The molecule has 4 atom stereocenters. The van der Waals surface area contributed by atoms with E-state index < -0.39 is 24.4 Å². The van der Waals surface area contributed by atoms with Gasteiger partial charge in [0.25, 0.3) is 0 Å². The highest BCUT2D eigenvalue weighted by atomic mass is 16.5. The third kappa shape index (κ3) is 2.71. The minimum atomic E-state index is -1.07. The third-order valence-electron chi connectivity index (χ3n) is 1.75. The molecule has 4 heteroatoms. The number of hydrogen-bond donors (Lipinski definition) is 3. The molecule has 1 fully saturated rings. The lowest BCUT2D eigenvalue weighted by molar-refractivity contribution is -0.181. The van der Waals surface area contributed by atoms with Crippen LogP contribution in [0.4, 0.5) is 0 Å². The van der Waals surface area contributed by atoms with Crippen molar-refractivity contribution < 1.29 is 20.1 Å². The van der Waals surface area contributed by atoms with Crippen LogP contribution >= 0.6 is 0 Å². The molecule has 4 nitrogen and oxygen atoms in total. The van der Waals surface area contributed by atoms with Gasteiger partial charge >= 0.3 is 0 Å². The van der Waals surface area contributed by atoms with Crippen molar-refractivity contribution in [2.24, 2.45) is 0 Å². The van der Waals surface area contributed by atoms with Crippen LogP contribution in [0.2, 0.25) is 0 Å². The first-order valence-electron chi connectivity index (χ1n) is 4.28. The predicted molar refractivity (Wildman–Crippen MR) is 44.8 cm³/mol. The molecule has 0 aromatic heterocycles. The van der Waals surface area contributed by atoms with E-state index in [-0.39, 0.29) is 6.61 Å². The Morgan fingerprint density at radius 1 is 1.08 bits per heavy atom. The van der Waals surface area contributed by atoms with Crippen molar-refractivity contribution >= 4 is 0 Å². The van der Waals surface area contributed by atoms with Gasteiger partial charge in [-0.3, -0.25) is 0 Å². The van der Waals surface area contributed by atoms with Gasteiger partial charge in [0, 0.05) is 0 Å². The largest absolute Gasteiger partial charge is 0.388 e. The Labute approximate surface area is 72.8 Å². The topological polar surface area (TPSA) is 69.9 Å². The van der Waals surface area contributed by atoms with E-state index in [2.05, 4.69) is 0 Å². The normalized spacial score (nSPS) is 41.5. The molecule has 1 rings (SSSR count). The van der Waals surface area contributed by atoms with Crippen LogP contribution in [0, 0.1) is 0 Å². The van der Waals surface area contributed by atoms with E-state index >= 15 is 0 Å². The van der Waals surface area contributed by atoms with E-state index in [4.69, 9.17) is 20.1 Å². The quantitative estimate of drug-likeness (QED) is 0.468. The lowest BCUT2D eigenvalue weighted by Gasteiger charge is -2.33. The van der Waals surface area contributed by atoms with Gasteiger partial charge in [0.2, 0.25) is 0 Å². The highest BCUT2D eigenvalue weighted by Gasteiger charge is 2.34. The molecular formula is C8H18O4. The smallest absolute Gasteiger partial charge is 0.110 e. The second kappa shape index (κ2) is 5.48. The molecular weight excluding hydrogens is 160 g/mol. The van der Waals surface area contributed by atoms with E-state index in [9.17, 15) is 0 Å². The Morgan fingerprint density at radius 3 is 2.00 bits per heavy atom. The molecule has 1 saturated heterocycles. The van der Waals surface area contributed by atoms with Crippen LogP contribution in [0.15, 0.2) is 0 Å². The Morgan fingerprint density at radius 2 is 1.58 bits per heavy atom. The number of rotatable bonds is 0. The maximum atomic E-state index is 9.08. The Hall–Kier alpha value is -0.160. The molecule has 1 heterocycles. The summed E-state index contributed by atoms with van der Waals surface area (Å²) in [6.45, 7) is 5.75. The van der Waals surface area contributed by atoms with E-state index in [1.165, 1.54) is 0 Å². The van der Waals surface area contributed by atoms with Crippen molar-refractivity contribution in [1.82, 2.24) is 0 Å². The van der Waals surface area contributed by atoms with Crippen LogP contribution in [-0.4, -0.2) is 46.3 Å². The maximum absolute atomic E-state index is 9.08. The third-order valence-corrected chi connectivity index (χ3v) is 1.75. The van der Waals surface area contributed by atoms with Gasteiger partial charge in [0.1, 0.15) is 18.3 Å². The van der Waals surface area contributed by atoms with E-state index in [1.807, 2.05) is 13.8 Å². The van der Waals surface area contributed by atoms with E-state index in [0.717, 1.165) is 0 Å². The molecule has 0 aromatic rings. The molecule has 1 aliphatic rings. The molecule has 0 bridgehead atoms. The zero-order valence-electron chi connectivity index (χ0n) is 7.77. The van der Waals surface area contributed by atoms with Gasteiger partial charge in [-0.15, -0.1) is 0 Å². The lowest BCUT2D eigenvalue weighted by atomic mass is 10.0. The first-order chi connectivity index (χ1) is 5.63. The lowest BCUT2D eigenvalue weighted by Crippen LogP contribution is -2.51. The second-order valence-corrected chi connectivity index (χ2v) is 2.59. The second-order valence-electron chi connectivity index (χ2n) is 2.59. The van der Waals surface area contributed by atoms with Crippen molar-refractivity contribution in [3.05, 3.63) is 0 Å². The summed E-state index contributed by atoms with van der Waals surface area (Å²) >= 11 is 0. The highest BCUT2D eigenvalue weighted by molar-refractivity contribution is 4.83. The summed E-state index contributed by atoms with van der Waals surface area (Å²) in [5, 5.41) is 27.0. The summed E-state index contributed by atoms with van der Waals surface area (Å²) in [4.78, 5) is 0. The molecule has 3 N–H and O–H groups in total. The van der Waals surface area contributed by atoms with Gasteiger partial charge in [0.05, 0.1) is 12.7 Å².